The topological polar surface area (TPSA) is 126 Å². The van der Waals surface area contributed by atoms with Crippen LogP contribution in [0.3, 0.4) is 0 Å². The van der Waals surface area contributed by atoms with E-state index in [1.165, 1.54) is 0 Å². The van der Waals surface area contributed by atoms with Crippen molar-refractivity contribution in [2.45, 2.75) is 0 Å². The first kappa shape index (κ1) is 13.9. The highest BCUT2D eigenvalue weighted by molar-refractivity contribution is 6.31. The third-order valence-corrected chi connectivity index (χ3v) is 2.78. The van der Waals surface area contributed by atoms with Crippen LogP contribution in [0, 0.1) is 0 Å². The molecule has 1 heterocycles. The fourth-order valence-electron chi connectivity index (χ4n) is 1.62. The Morgan fingerprint density at radius 1 is 1.30 bits per heavy atom. The van der Waals surface area contributed by atoms with Gasteiger partial charge in [0.15, 0.2) is 5.70 Å². The predicted octanol–water partition coefficient (Wildman–Crippen LogP) is 0.976. The molecule has 7 N–H and O–H groups in total. The molecule has 1 aromatic carbocycles. The molecule has 0 aliphatic carbocycles. The van der Waals surface area contributed by atoms with Crippen LogP contribution in [0.4, 0.5) is 5.82 Å². The van der Waals surface area contributed by atoms with Gasteiger partial charge >= 0.3 is 5.97 Å². The van der Waals surface area contributed by atoms with E-state index in [4.69, 9.17) is 28.3 Å². The molecule has 0 amide bonds. The second kappa shape index (κ2) is 5.64. The van der Waals surface area contributed by atoms with E-state index >= 15 is 0 Å². The lowest BCUT2D eigenvalue weighted by Gasteiger charge is -2.10. The Morgan fingerprint density at radius 2 is 2.05 bits per heavy atom. The number of fused-ring (bicyclic) bond motifs is 1. The number of benzene rings is 1. The number of nitrogens with one attached hydrogen (secondary N) is 2. The van der Waals surface area contributed by atoms with Crippen LogP contribution in [0.25, 0.3) is 10.9 Å². The Morgan fingerprint density at radius 3 is 2.70 bits per heavy atom. The number of nitrogens with zero attached hydrogens (tertiary/aromatic N) is 1. The predicted molar refractivity (Wildman–Crippen MR) is 76.5 cm³/mol. The van der Waals surface area contributed by atoms with Crippen LogP contribution in [0.15, 0.2) is 41.8 Å². The normalized spacial score (nSPS) is 11.9. The van der Waals surface area contributed by atoms with Crippen molar-refractivity contribution in [2.24, 2.45) is 11.6 Å². The van der Waals surface area contributed by atoms with Gasteiger partial charge < -0.3 is 21.6 Å². The Balaban J connectivity index is 2.35. The lowest BCUT2D eigenvalue weighted by atomic mass is 10.2. The first-order valence-electron chi connectivity index (χ1n) is 5.54. The van der Waals surface area contributed by atoms with Crippen LogP contribution in [0.2, 0.25) is 5.02 Å². The maximum atomic E-state index is 10.9. The Kier molecular flexibility index (Phi) is 3.92. The van der Waals surface area contributed by atoms with Gasteiger partial charge in [0, 0.05) is 10.4 Å². The highest BCUT2D eigenvalue weighted by Crippen LogP contribution is 2.20. The molecule has 0 bridgehead atoms. The molecule has 0 radical (unpaired) electrons. The van der Waals surface area contributed by atoms with Gasteiger partial charge in [-0.2, -0.15) is 0 Å². The summed E-state index contributed by atoms with van der Waals surface area (Å²) in [6.07, 6.45) is 0. The van der Waals surface area contributed by atoms with Crippen molar-refractivity contribution >= 4 is 34.3 Å². The van der Waals surface area contributed by atoms with E-state index in [1.807, 2.05) is 5.43 Å². The van der Waals surface area contributed by atoms with Crippen LogP contribution in [-0.2, 0) is 4.79 Å². The molecule has 0 spiro atoms. The Hall–Kier alpha value is -2.51. The molecule has 8 heteroatoms. The first-order chi connectivity index (χ1) is 9.51. The SMILES string of the molecule is NN/C(C(=O)O)=C(\N)Nc1ccc2cc(Cl)ccc2n1. The highest BCUT2D eigenvalue weighted by Gasteiger charge is 2.11. The lowest BCUT2D eigenvalue weighted by Crippen LogP contribution is -2.32. The van der Waals surface area contributed by atoms with Crippen LogP contribution < -0.4 is 22.3 Å². The maximum Gasteiger partial charge on any atom is 0.357 e. The van der Waals surface area contributed by atoms with Crippen LogP contribution in [0.5, 0.6) is 0 Å². The van der Waals surface area contributed by atoms with Gasteiger partial charge in [-0.25, -0.2) is 9.78 Å². The fraction of sp³-hybridized carbons (Fsp3) is 0. The van der Waals surface area contributed by atoms with Crippen molar-refractivity contribution in [3.63, 3.8) is 0 Å². The Bertz CT molecular complexity index is 701. The lowest BCUT2D eigenvalue weighted by molar-refractivity contribution is -0.133. The largest absolute Gasteiger partial charge is 0.476 e. The van der Waals surface area contributed by atoms with E-state index in [2.05, 4.69) is 10.3 Å². The summed E-state index contributed by atoms with van der Waals surface area (Å²) in [5.41, 5.74) is 7.98. The molecule has 0 saturated carbocycles. The molecule has 2 aromatic rings. The number of halogens is 1. The number of rotatable bonds is 4. The molecule has 0 aliphatic heterocycles. The third kappa shape index (κ3) is 2.90. The van der Waals surface area contributed by atoms with Crippen molar-refractivity contribution in [1.29, 1.82) is 0 Å². The van der Waals surface area contributed by atoms with E-state index in [0.29, 0.717) is 16.4 Å². The van der Waals surface area contributed by atoms with E-state index in [0.717, 1.165) is 5.39 Å². The molecular weight excluding hydrogens is 282 g/mol. The number of carbonyl (C=O) groups is 1. The standard InChI is InChI=1S/C12H12ClN5O2/c13-7-2-3-8-6(5-7)1-4-9(16-8)17-11(14)10(18-15)12(19)20/h1-5,18H,14-15H2,(H,16,17)(H,19,20)/b11-10+. The summed E-state index contributed by atoms with van der Waals surface area (Å²) >= 11 is 5.88. The van der Waals surface area contributed by atoms with Crippen molar-refractivity contribution in [1.82, 2.24) is 10.4 Å². The van der Waals surface area contributed by atoms with Gasteiger partial charge in [0.2, 0.25) is 0 Å². The van der Waals surface area contributed by atoms with Gasteiger partial charge in [0.1, 0.15) is 11.6 Å². The second-order valence-corrected chi connectivity index (χ2v) is 4.33. The molecule has 104 valence electrons. The zero-order chi connectivity index (χ0) is 14.7. The molecular formula is C12H12ClN5O2. The van der Waals surface area contributed by atoms with Crippen molar-refractivity contribution in [3.8, 4) is 0 Å². The minimum Gasteiger partial charge on any atom is -0.476 e. The summed E-state index contributed by atoms with van der Waals surface area (Å²) in [6, 6.07) is 8.69. The molecule has 20 heavy (non-hydrogen) atoms. The van der Waals surface area contributed by atoms with Gasteiger partial charge in [0.25, 0.3) is 0 Å². The zero-order valence-corrected chi connectivity index (χ0v) is 11.0. The van der Waals surface area contributed by atoms with E-state index in [9.17, 15) is 4.79 Å². The van der Waals surface area contributed by atoms with Crippen LogP contribution in [-0.4, -0.2) is 16.1 Å². The van der Waals surface area contributed by atoms with Crippen molar-refractivity contribution in [3.05, 3.63) is 46.9 Å². The molecule has 0 atom stereocenters. The number of carboxylic acid groups (broad SMARTS) is 1. The molecule has 0 fully saturated rings. The number of aromatic nitrogens is 1. The van der Waals surface area contributed by atoms with Crippen molar-refractivity contribution in [2.75, 3.05) is 5.32 Å². The molecule has 0 aliphatic rings. The number of anilines is 1. The minimum absolute atomic E-state index is 0.138. The molecule has 1 aromatic heterocycles. The fourth-order valence-corrected chi connectivity index (χ4v) is 1.80. The van der Waals surface area contributed by atoms with Crippen LogP contribution >= 0.6 is 11.6 Å². The first-order valence-corrected chi connectivity index (χ1v) is 5.92. The number of pyridine rings is 1. The van der Waals surface area contributed by atoms with Crippen LogP contribution in [0.1, 0.15) is 0 Å². The molecule has 7 nitrogen and oxygen atoms in total. The minimum atomic E-state index is -1.27. The van der Waals surface area contributed by atoms with Gasteiger partial charge in [-0.3, -0.25) is 5.84 Å². The number of aliphatic carboxylic acids is 1. The average Bonchev–Trinajstić information content (AvgIpc) is 2.39. The average molecular weight is 294 g/mol. The van der Waals surface area contributed by atoms with Crippen molar-refractivity contribution < 1.29 is 9.90 Å². The number of nitrogens with two attached hydrogens (primary N) is 2. The van der Waals surface area contributed by atoms with E-state index in [-0.39, 0.29) is 11.5 Å². The Labute approximate surface area is 119 Å². The van der Waals surface area contributed by atoms with Gasteiger partial charge in [-0.15, -0.1) is 0 Å². The number of carboxylic acids is 1. The van der Waals surface area contributed by atoms with Gasteiger partial charge in [-0.05, 0) is 30.3 Å². The summed E-state index contributed by atoms with van der Waals surface area (Å²) in [5, 5.41) is 13.0. The summed E-state index contributed by atoms with van der Waals surface area (Å²) < 4.78 is 0. The second-order valence-electron chi connectivity index (χ2n) is 3.90. The number of hydrogen-bond donors (Lipinski definition) is 5. The summed E-state index contributed by atoms with van der Waals surface area (Å²) in [5.74, 6) is 4.08. The summed E-state index contributed by atoms with van der Waals surface area (Å²) in [7, 11) is 0. The van der Waals surface area contributed by atoms with E-state index < -0.39 is 5.97 Å². The number of hydrogen-bond acceptors (Lipinski definition) is 6. The molecule has 0 saturated heterocycles. The third-order valence-electron chi connectivity index (χ3n) is 2.54. The quantitative estimate of drug-likeness (QED) is 0.323. The summed E-state index contributed by atoms with van der Waals surface area (Å²) in [4.78, 5) is 15.1. The number of hydrazine groups is 1. The highest BCUT2D eigenvalue weighted by atomic mass is 35.5. The summed E-state index contributed by atoms with van der Waals surface area (Å²) in [6.45, 7) is 0. The molecule has 0 unspecified atom stereocenters. The van der Waals surface area contributed by atoms with Gasteiger partial charge in [0.05, 0.1) is 5.52 Å². The monoisotopic (exact) mass is 293 g/mol. The van der Waals surface area contributed by atoms with Gasteiger partial charge in [-0.1, -0.05) is 11.6 Å². The zero-order valence-electron chi connectivity index (χ0n) is 10.2. The maximum absolute atomic E-state index is 10.9. The molecule has 2 rings (SSSR count). The smallest absolute Gasteiger partial charge is 0.357 e. The van der Waals surface area contributed by atoms with E-state index in [1.54, 1.807) is 30.3 Å².